The van der Waals surface area contributed by atoms with E-state index in [-0.39, 0.29) is 0 Å². The van der Waals surface area contributed by atoms with Gasteiger partial charge >= 0.3 is 0 Å². The Morgan fingerprint density at radius 3 is 2.50 bits per heavy atom. The van der Waals surface area contributed by atoms with Gasteiger partial charge in [0.1, 0.15) is 0 Å². The molecule has 0 aliphatic heterocycles. The number of hydrogen-bond donors (Lipinski definition) is 2. The molecule has 0 saturated heterocycles. The molecule has 2 rings (SSSR count). The number of rotatable bonds is 5. The van der Waals surface area contributed by atoms with Gasteiger partial charge in [0.2, 0.25) is 0 Å². The van der Waals surface area contributed by atoms with E-state index in [0.717, 1.165) is 18.6 Å². The Morgan fingerprint density at radius 2 is 1.78 bits per heavy atom. The zero-order valence-corrected chi connectivity index (χ0v) is 11.8. The van der Waals surface area contributed by atoms with Crippen LogP contribution in [0.4, 0.5) is 0 Å². The van der Waals surface area contributed by atoms with Crippen LogP contribution in [-0.4, -0.2) is 5.75 Å². The molecule has 96 valence electrons. The summed E-state index contributed by atoms with van der Waals surface area (Å²) in [6, 6.07) is 14.8. The second-order valence-electron chi connectivity index (χ2n) is 4.26. The van der Waals surface area contributed by atoms with Gasteiger partial charge in [-0.25, -0.2) is 0 Å². The van der Waals surface area contributed by atoms with E-state index >= 15 is 0 Å². The van der Waals surface area contributed by atoms with Crippen LogP contribution in [-0.2, 0) is 11.0 Å². The predicted molar refractivity (Wildman–Crippen MR) is 80.7 cm³/mol. The van der Waals surface area contributed by atoms with Crippen LogP contribution in [0.25, 0.3) is 10.8 Å². The molecule has 0 radical (unpaired) electrons. The zero-order chi connectivity index (χ0) is 13.0. The van der Waals surface area contributed by atoms with Crippen LogP contribution in [0, 0.1) is 0 Å². The zero-order valence-electron chi connectivity index (χ0n) is 10.1. The molecule has 0 bridgehead atoms. The first-order valence-electron chi connectivity index (χ1n) is 5.84. The van der Waals surface area contributed by atoms with Crippen molar-refractivity contribution in [1.29, 1.82) is 0 Å². The summed E-state index contributed by atoms with van der Waals surface area (Å²) in [5, 5.41) is 2.51. The van der Waals surface area contributed by atoms with Crippen LogP contribution in [0.1, 0.15) is 12.0 Å². The lowest BCUT2D eigenvalue weighted by atomic mass is 10.0. The lowest BCUT2D eigenvalue weighted by Gasteiger charge is -2.06. The van der Waals surface area contributed by atoms with Crippen molar-refractivity contribution >= 4 is 28.8 Å². The van der Waals surface area contributed by atoms with Gasteiger partial charge in [0.25, 0.3) is 6.65 Å². The fourth-order valence-electron chi connectivity index (χ4n) is 1.88. The average molecular weight is 280 g/mol. The van der Waals surface area contributed by atoms with Crippen molar-refractivity contribution in [3.05, 3.63) is 48.0 Å². The molecule has 2 aromatic carbocycles. The highest BCUT2D eigenvalue weighted by Crippen LogP contribution is 2.42. The summed E-state index contributed by atoms with van der Waals surface area (Å²) in [7, 11) is 0. The summed E-state index contributed by atoms with van der Waals surface area (Å²) >= 11 is 1.17. The minimum absolute atomic E-state index is 0.733. The van der Waals surface area contributed by atoms with Crippen molar-refractivity contribution < 1.29 is 4.57 Å². The highest BCUT2D eigenvalue weighted by Gasteiger charge is 2.07. The van der Waals surface area contributed by atoms with Gasteiger partial charge in [-0.15, -0.1) is 0 Å². The quantitative estimate of drug-likeness (QED) is 0.649. The van der Waals surface area contributed by atoms with E-state index in [2.05, 4.69) is 30.3 Å². The Morgan fingerprint density at radius 1 is 1.06 bits per heavy atom. The van der Waals surface area contributed by atoms with Crippen molar-refractivity contribution in [2.75, 3.05) is 5.75 Å². The van der Waals surface area contributed by atoms with Gasteiger partial charge in [-0.05, 0) is 29.2 Å². The highest BCUT2D eigenvalue weighted by atomic mass is 32.7. The van der Waals surface area contributed by atoms with Crippen LogP contribution < -0.4 is 11.0 Å². The molecule has 0 unspecified atom stereocenters. The summed E-state index contributed by atoms with van der Waals surface area (Å²) in [5.41, 5.74) is 11.9. The molecule has 0 spiro atoms. The number of fused-ring (bicyclic) bond motifs is 1. The van der Waals surface area contributed by atoms with Gasteiger partial charge in [-0.1, -0.05) is 53.8 Å². The van der Waals surface area contributed by atoms with Gasteiger partial charge in [0.05, 0.1) is 0 Å². The van der Waals surface area contributed by atoms with E-state index < -0.39 is 6.65 Å². The summed E-state index contributed by atoms with van der Waals surface area (Å²) < 4.78 is 11.1. The molecular weight excluding hydrogens is 263 g/mol. The van der Waals surface area contributed by atoms with Crippen molar-refractivity contribution in [2.24, 2.45) is 11.0 Å². The Kier molecular flexibility index (Phi) is 4.46. The first-order chi connectivity index (χ1) is 8.54. The monoisotopic (exact) mass is 280 g/mol. The van der Waals surface area contributed by atoms with E-state index in [0.29, 0.717) is 0 Å². The molecule has 0 fully saturated rings. The number of hydrogen-bond acceptors (Lipinski definition) is 2. The summed E-state index contributed by atoms with van der Waals surface area (Å²) in [6.45, 7) is -2.91. The van der Waals surface area contributed by atoms with Crippen molar-refractivity contribution in [3.8, 4) is 0 Å². The maximum absolute atomic E-state index is 11.1. The third-order valence-electron chi connectivity index (χ3n) is 2.72. The minimum atomic E-state index is -2.91. The fraction of sp³-hybridized carbons (Fsp3) is 0.231. The van der Waals surface area contributed by atoms with Gasteiger partial charge < -0.3 is 0 Å². The van der Waals surface area contributed by atoms with E-state index in [1.807, 2.05) is 12.1 Å². The first-order valence-corrected chi connectivity index (χ1v) is 9.28. The second-order valence-corrected chi connectivity index (χ2v) is 8.71. The molecule has 5 heteroatoms. The van der Waals surface area contributed by atoms with Crippen molar-refractivity contribution in [1.82, 2.24) is 0 Å². The van der Waals surface area contributed by atoms with Crippen LogP contribution in [0.3, 0.4) is 0 Å². The molecule has 0 aromatic heterocycles. The Labute approximate surface area is 111 Å². The van der Waals surface area contributed by atoms with Crippen LogP contribution >= 0.6 is 18.0 Å². The number of aryl methyl sites for hydroxylation is 1. The van der Waals surface area contributed by atoms with Gasteiger partial charge in [-0.2, -0.15) is 0 Å². The minimum Gasteiger partial charge on any atom is -0.277 e. The molecule has 3 nitrogen and oxygen atoms in total. The summed E-state index contributed by atoms with van der Waals surface area (Å²) in [4.78, 5) is 0. The maximum Gasteiger partial charge on any atom is 0.261 e. The van der Waals surface area contributed by atoms with Gasteiger partial charge in [0.15, 0.2) is 0 Å². The molecule has 0 saturated carbocycles. The SMILES string of the molecule is NP(N)(=O)SCCCc1ccc2ccccc2c1. The lowest BCUT2D eigenvalue weighted by molar-refractivity contribution is 0.586. The second kappa shape index (κ2) is 5.89. The summed E-state index contributed by atoms with van der Waals surface area (Å²) in [5.74, 6) is 0.733. The molecule has 4 N–H and O–H groups in total. The molecule has 2 aromatic rings. The Bertz CT molecular complexity index is 582. The first kappa shape index (κ1) is 13.6. The lowest BCUT2D eigenvalue weighted by Crippen LogP contribution is -2.01. The van der Waals surface area contributed by atoms with Crippen LogP contribution in [0.2, 0.25) is 0 Å². The highest BCUT2D eigenvalue weighted by molar-refractivity contribution is 8.56. The van der Waals surface area contributed by atoms with E-state index in [1.54, 1.807) is 0 Å². The summed E-state index contributed by atoms with van der Waals surface area (Å²) in [6.07, 6.45) is 1.89. The number of nitrogens with two attached hydrogens (primary N) is 2. The van der Waals surface area contributed by atoms with E-state index in [1.165, 1.54) is 27.7 Å². The molecule has 0 aliphatic rings. The third kappa shape index (κ3) is 4.14. The van der Waals surface area contributed by atoms with Gasteiger partial charge in [0, 0.05) is 5.75 Å². The number of benzene rings is 2. The molecule has 18 heavy (non-hydrogen) atoms. The topological polar surface area (TPSA) is 69.1 Å². The van der Waals surface area contributed by atoms with Crippen molar-refractivity contribution in [2.45, 2.75) is 12.8 Å². The van der Waals surface area contributed by atoms with E-state index in [9.17, 15) is 4.57 Å². The molecular formula is C13H17N2OPS. The average Bonchev–Trinajstić information content (AvgIpc) is 2.33. The largest absolute Gasteiger partial charge is 0.277 e. The normalized spacial score (nSPS) is 11.9. The Hall–Kier alpha value is -0.800. The smallest absolute Gasteiger partial charge is 0.261 e. The molecule has 0 amide bonds. The predicted octanol–water partition coefficient (Wildman–Crippen LogP) is 3.53. The molecule has 0 atom stereocenters. The standard InChI is InChI=1S/C13H17N2OPS/c14-17(15,16)18-9-3-4-11-7-8-12-5-1-2-6-13(12)10-11/h1-2,5-8,10H,3-4,9H2,(H4,14,15,16). The van der Waals surface area contributed by atoms with Crippen molar-refractivity contribution in [3.63, 3.8) is 0 Å². The Balaban J connectivity index is 1.94. The molecule has 0 heterocycles. The van der Waals surface area contributed by atoms with Gasteiger partial charge in [-0.3, -0.25) is 15.6 Å². The fourth-order valence-corrected chi connectivity index (χ4v) is 3.68. The third-order valence-corrected chi connectivity index (χ3v) is 5.35. The van der Waals surface area contributed by atoms with Crippen LogP contribution in [0.5, 0.6) is 0 Å². The maximum atomic E-state index is 11.1. The molecule has 0 aliphatic carbocycles. The van der Waals surface area contributed by atoms with E-state index in [4.69, 9.17) is 11.0 Å². The van der Waals surface area contributed by atoms with Crippen LogP contribution in [0.15, 0.2) is 42.5 Å².